The molecule has 3 amide bonds. The lowest BCUT2D eigenvalue weighted by Gasteiger charge is -2.36. The number of carbonyl (C=O) groups is 3. The van der Waals surface area contributed by atoms with E-state index in [1.54, 1.807) is 20.8 Å². The van der Waals surface area contributed by atoms with Crippen molar-refractivity contribution in [3.05, 3.63) is 70.8 Å². The fourth-order valence-corrected chi connectivity index (χ4v) is 4.17. The molecule has 2 aromatic rings. The molecule has 3 atom stereocenters. The molecule has 3 unspecified atom stereocenters. The summed E-state index contributed by atoms with van der Waals surface area (Å²) in [7, 11) is 0. The van der Waals surface area contributed by atoms with Crippen LogP contribution in [0.25, 0.3) is 0 Å². The van der Waals surface area contributed by atoms with Gasteiger partial charge < -0.3 is 25.4 Å². The molecule has 2 rings (SSSR count). The molecule has 3 N–H and O–H groups in total. The zero-order valence-corrected chi connectivity index (χ0v) is 23.7. The fraction of sp³-hybridized carbons (Fsp3) is 0.500. The van der Waals surface area contributed by atoms with Crippen LogP contribution in [0.1, 0.15) is 69.3 Å². The number of carbonyl (C=O) groups excluding carboxylic acids is 3. The second-order valence-corrected chi connectivity index (χ2v) is 10.7. The average Bonchev–Trinajstić information content (AvgIpc) is 2.86. The molecule has 208 valence electrons. The number of amides is 3. The quantitative estimate of drug-likeness (QED) is 0.403. The van der Waals surface area contributed by atoms with Crippen LogP contribution in [0.15, 0.2) is 48.5 Å². The summed E-state index contributed by atoms with van der Waals surface area (Å²) in [6.45, 7) is 12.7. The molecule has 0 fully saturated rings. The van der Waals surface area contributed by atoms with Crippen LogP contribution in [0.5, 0.6) is 0 Å². The number of aliphatic hydroxyl groups excluding tert-OH is 1. The third-order valence-electron chi connectivity index (χ3n) is 6.59. The maximum atomic E-state index is 14.1. The third-order valence-corrected chi connectivity index (χ3v) is 6.59. The molecule has 0 aliphatic rings. The molecular weight excluding hydrogens is 482 g/mol. The smallest absolute Gasteiger partial charge is 0.408 e. The Morgan fingerprint density at radius 1 is 1.03 bits per heavy atom. The second-order valence-electron chi connectivity index (χ2n) is 10.7. The number of hydrogen-bond donors (Lipinski definition) is 3. The average molecular weight is 526 g/mol. The first-order valence-corrected chi connectivity index (χ1v) is 13.2. The first-order chi connectivity index (χ1) is 17.9. The van der Waals surface area contributed by atoms with Gasteiger partial charge in [-0.25, -0.2) is 4.79 Å². The summed E-state index contributed by atoms with van der Waals surface area (Å²) in [6.07, 6.45) is -0.107. The summed E-state index contributed by atoms with van der Waals surface area (Å²) in [5.74, 6) is -1.08. The van der Waals surface area contributed by atoms with Gasteiger partial charge in [-0.2, -0.15) is 0 Å². The molecule has 0 aliphatic heterocycles. The Kier molecular flexibility index (Phi) is 11.3. The zero-order valence-electron chi connectivity index (χ0n) is 23.7. The highest BCUT2D eigenvalue weighted by molar-refractivity contribution is 5.92. The van der Waals surface area contributed by atoms with Crippen molar-refractivity contribution in [1.82, 2.24) is 15.5 Å². The van der Waals surface area contributed by atoms with Crippen molar-refractivity contribution >= 4 is 17.9 Å². The van der Waals surface area contributed by atoms with Gasteiger partial charge in [-0.15, -0.1) is 0 Å². The number of aliphatic hydroxyl groups is 1. The highest BCUT2D eigenvalue weighted by Crippen LogP contribution is 2.28. The molecule has 0 spiro atoms. The van der Waals surface area contributed by atoms with Crippen LogP contribution in [0, 0.1) is 19.8 Å². The Labute approximate surface area is 226 Å². The summed E-state index contributed by atoms with van der Waals surface area (Å²) < 4.78 is 5.42. The van der Waals surface area contributed by atoms with Crippen LogP contribution in [0.2, 0.25) is 0 Å². The summed E-state index contributed by atoms with van der Waals surface area (Å²) in [6, 6.07) is 13.2. The van der Waals surface area contributed by atoms with Gasteiger partial charge in [0.2, 0.25) is 11.8 Å². The van der Waals surface area contributed by atoms with E-state index in [1.165, 1.54) is 4.90 Å². The van der Waals surface area contributed by atoms with Crippen LogP contribution < -0.4 is 10.6 Å². The number of nitrogens with zero attached hydrogens (tertiary/aromatic N) is 1. The summed E-state index contributed by atoms with van der Waals surface area (Å²) in [5, 5.41) is 15.7. The summed E-state index contributed by atoms with van der Waals surface area (Å²) in [4.78, 5) is 41.9. The Balaban J connectivity index is 2.50. The van der Waals surface area contributed by atoms with Crippen LogP contribution >= 0.6 is 0 Å². The van der Waals surface area contributed by atoms with Crippen molar-refractivity contribution in [2.75, 3.05) is 13.2 Å². The van der Waals surface area contributed by atoms with Gasteiger partial charge in [0.05, 0.1) is 6.61 Å². The Morgan fingerprint density at radius 2 is 1.68 bits per heavy atom. The lowest BCUT2D eigenvalue weighted by Crippen LogP contribution is -2.55. The molecule has 0 radical (unpaired) electrons. The SMILES string of the molecule is CCC(C)C(NC(=O)OC(C)(C)C)C(=O)N(CCO)C(C(=O)NCc1ccccc1)c1cccc(C)c1C. The number of ether oxygens (including phenoxy) is 1. The van der Waals surface area contributed by atoms with Gasteiger partial charge >= 0.3 is 6.09 Å². The molecule has 0 saturated carbocycles. The van der Waals surface area contributed by atoms with E-state index in [9.17, 15) is 19.5 Å². The summed E-state index contributed by atoms with van der Waals surface area (Å²) in [5.41, 5.74) is 2.70. The predicted molar refractivity (Wildman–Crippen MR) is 148 cm³/mol. The van der Waals surface area contributed by atoms with Crippen molar-refractivity contribution in [3.63, 3.8) is 0 Å². The van der Waals surface area contributed by atoms with Gasteiger partial charge in [-0.3, -0.25) is 9.59 Å². The van der Waals surface area contributed by atoms with Gasteiger partial charge in [0.25, 0.3) is 0 Å². The molecule has 0 aliphatic carbocycles. The zero-order chi connectivity index (χ0) is 28.5. The van der Waals surface area contributed by atoms with E-state index >= 15 is 0 Å². The molecule has 38 heavy (non-hydrogen) atoms. The summed E-state index contributed by atoms with van der Waals surface area (Å²) >= 11 is 0. The largest absolute Gasteiger partial charge is 0.444 e. The van der Waals surface area contributed by atoms with Crippen molar-refractivity contribution in [3.8, 4) is 0 Å². The number of hydrogen-bond acceptors (Lipinski definition) is 5. The molecule has 8 heteroatoms. The van der Waals surface area contributed by atoms with Crippen molar-refractivity contribution in [2.24, 2.45) is 5.92 Å². The van der Waals surface area contributed by atoms with E-state index in [0.717, 1.165) is 16.7 Å². The Hall–Kier alpha value is -3.39. The van der Waals surface area contributed by atoms with Gasteiger partial charge in [0.15, 0.2) is 0 Å². The molecule has 8 nitrogen and oxygen atoms in total. The Bertz CT molecular complexity index is 1080. The maximum absolute atomic E-state index is 14.1. The molecular formula is C30H43N3O5. The molecule has 0 aromatic heterocycles. The minimum absolute atomic E-state index is 0.0848. The van der Waals surface area contributed by atoms with Gasteiger partial charge in [-0.05, 0) is 62.8 Å². The molecule has 0 bridgehead atoms. The van der Waals surface area contributed by atoms with Crippen molar-refractivity contribution < 1.29 is 24.2 Å². The van der Waals surface area contributed by atoms with E-state index in [0.29, 0.717) is 12.0 Å². The van der Waals surface area contributed by atoms with E-state index in [4.69, 9.17) is 4.74 Å². The lowest BCUT2D eigenvalue weighted by atomic mass is 9.93. The minimum Gasteiger partial charge on any atom is -0.444 e. The van der Waals surface area contributed by atoms with Crippen LogP contribution in [0.4, 0.5) is 4.79 Å². The number of alkyl carbamates (subject to hydrolysis) is 1. The number of benzene rings is 2. The predicted octanol–water partition coefficient (Wildman–Crippen LogP) is 4.42. The van der Waals surface area contributed by atoms with Crippen molar-refractivity contribution in [2.45, 2.75) is 79.1 Å². The van der Waals surface area contributed by atoms with Crippen LogP contribution in [-0.2, 0) is 20.9 Å². The van der Waals surface area contributed by atoms with E-state index < -0.39 is 29.7 Å². The highest BCUT2D eigenvalue weighted by Gasteiger charge is 2.38. The molecule has 0 heterocycles. The van der Waals surface area contributed by atoms with E-state index in [-0.39, 0.29) is 31.5 Å². The number of aryl methyl sites for hydroxylation is 1. The van der Waals surface area contributed by atoms with Gasteiger partial charge in [-0.1, -0.05) is 68.8 Å². The first-order valence-electron chi connectivity index (χ1n) is 13.2. The monoisotopic (exact) mass is 525 g/mol. The van der Waals surface area contributed by atoms with Crippen molar-refractivity contribution in [1.29, 1.82) is 0 Å². The fourth-order valence-electron chi connectivity index (χ4n) is 4.17. The standard InChI is InChI=1S/C30H43N3O5/c1-8-20(2)25(32-29(37)38-30(5,6)7)28(36)33(17-18-34)26(24-16-12-13-21(3)22(24)4)27(35)31-19-23-14-10-9-11-15-23/h9-16,20,25-26,34H,8,17-19H2,1-7H3,(H,31,35)(H,32,37). The highest BCUT2D eigenvalue weighted by atomic mass is 16.6. The normalized spacial score (nSPS) is 13.7. The van der Waals surface area contributed by atoms with Gasteiger partial charge in [0.1, 0.15) is 17.7 Å². The molecule has 0 saturated heterocycles. The maximum Gasteiger partial charge on any atom is 0.408 e. The topological polar surface area (TPSA) is 108 Å². The third kappa shape index (κ3) is 8.58. The first kappa shape index (κ1) is 30.8. The lowest BCUT2D eigenvalue weighted by molar-refractivity contribution is -0.144. The number of rotatable bonds is 11. The van der Waals surface area contributed by atoms with E-state index in [1.807, 2.05) is 76.2 Å². The number of nitrogens with one attached hydrogen (secondary N) is 2. The van der Waals surface area contributed by atoms with Gasteiger partial charge in [0, 0.05) is 13.1 Å². The van der Waals surface area contributed by atoms with Crippen LogP contribution in [0.3, 0.4) is 0 Å². The second kappa shape index (κ2) is 14.0. The minimum atomic E-state index is -1.01. The molecule has 2 aromatic carbocycles. The van der Waals surface area contributed by atoms with E-state index in [2.05, 4.69) is 10.6 Å². The van der Waals surface area contributed by atoms with Crippen LogP contribution in [-0.4, -0.2) is 52.7 Å². The Morgan fingerprint density at radius 3 is 2.26 bits per heavy atom.